The van der Waals surface area contributed by atoms with Crippen molar-refractivity contribution in [1.82, 2.24) is 14.8 Å². The zero-order valence-electron chi connectivity index (χ0n) is 9.01. The van der Waals surface area contributed by atoms with Crippen LogP contribution in [0.1, 0.15) is 31.0 Å². The Labute approximate surface area is 103 Å². The Morgan fingerprint density at radius 3 is 2.75 bits per heavy atom. The van der Waals surface area contributed by atoms with Gasteiger partial charge in [0.1, 0.15) is 5.15 Å². The van der Waals surface area contributed by atoms with E-state index in [0.717, 1.165) is 5.69 Å². The van der Waals surface area contributed by atoms with Gasteiger partial charge >= 0.3 is 0 Å². The van der Waals surface area contributed by atoms with Gasteiger partial charge < -0.3 is 5.11 Å². The Morgan fingerprint density at radius 1 is 1.56 bits per heavy atom. The largest absolute Gasteiger partial charge is 0.391 e. The minimum Gasteiger partial charge on any atom is -0.391 e. The van der Waals surface area contributed by atoms with Crippen molar-refractivity contribution in [3.63, 3.8) is 0 Å². The molecule has 6 heteroatoms. The van der Waals surface area contributed by atoms with Crippen LogP contribution in [0.3, 0.4) is 0 Å². The molecule has 0 saturated heterocycles. The van der Waals surface area contributed by atoms with E-state index in [4.69, 9.17) is 11.6 Å². The molecule has 2 rings (SSSR count). The van der Waals surface area contributed by atoms with E-state index >= 15 is 0 Å². The van der Waals surface area contributed by atoms with Crippen LogP contribution in [0.15, 0.2) is 11.6 Å². The maximum atomic E-state index is 9.30. The Morgan fingerprint density at radius 2 is 2.31 bits per heavy atom. The van der Waals surface area contributed by atoms with E-state index in [0.29, 0.717) is 15.8 Å². The summed E-state index contributed by atoms with van der Waals surface area (Å²) in [5.41, 5.74) is 1.51. The van der Waals surface area contributed by atoms with Crippen LogP contribution in [0.4, 0.5) is 0 Å². The first-order chi connectivity index (χ1) is 7.65. The first kappa shape index (κ1) is 11.6. The van der Waals surface area contributed by atoms with Crippen molar-refractivity contribution in [3.05, 3.63) is 28.0 Å². The lowest BCUT2D eigenvalue weighted by atomic mass is 10.1. The predicted molar refractivity (Wildman–Crippen MR) is 64.3 cm³/mol. The summed E-state index contributed by atoms with van der Waals surface area (Å²) in [4.78, 5) is 4.15. The lowest BCUT2D eigenvalue weighted by Crippen LogP contribution is -1.97. The number of hydrogen-bond donors (Lipinski definition) is 1. The molecular weight excluding hydrogens is 246 g/mol. The Kier molecular flexibility index (Phi) is 3.28. The fourth-order valence-electron chi connectivity index (χ4n) is 1.50. The lowest BCUT2D eigenvalue weighted by molar-refractivity contribution is 0.280. The summed E-state index contributed by atoms with van der Waals surface area (Å²) in [5, 5.41) is 16.7. The van der Waals surface area contributed by atoms with Crippen LogP contribution in [0.25, 0.3) is 5.13 Å². The molecule has 0 aliphatic carbocycles. The molecule has 0 fully saturated rings. The smallest absolute Gasteiger partial charge is 0.211 e. The summed E-state index contributed by atoms with van der Waals surface area (Å²) >= 11 is 7.63. The quantitative estimate of drug-likeness (QED) is 0.920. The van der Waals surface area contributed by atoms with E-state index in [1.54, 1.807) is 10.9 Å². The molecule has 2 heterocycles. The van der Waals surface area contributed by atoms with Crippen LogP contribution < -0.4 is 0 Å². The van der Waals surface area contributed by atoms with Crippen LogP contribution in [-0.4, -0.2) is 19.9 Å². The van der Waals surface area contributed by atoms with Crippen molar-refractivity contribution in [3.8, 4) is 5.13 Å². The molecule has 0 aromatic carbocycles. The van der Waals surface area contributed by atoms with Gasteiger partial charge in [-0.3, -0.25) is 0 Å². The average Bonchev–Trinajstić information content (AvgIpc) is 2.84. The summed E-state index contributed by atoms with van der Waals surface area (Å²) in [6, 6.07) is 0. The maximum Gasteiger partial charge on any atom is 0.211 e. The van der Waals surface area contributed by atoms with Crippen LogP contribution in [0, 0.1) is 0 Å². The standard InChI is InChI=1S/C10H12ClN3OS/c1-6(2)8-7(5-15)9(11)14(13-8)10-12-3-4-16-10/h3-4,6,15H,5H2,1-2H3. The van der Waals surface area contributed by atoms with Gasteiger partial charge in [-0.1, -0.05) is 25.4 Å². The normalized spacial score (nSPS) is 11.3. The van der Waals surface area contributed by atoms with Gasteiger partial charge in [0.15, 0.2) is 0 Å². The summed E-state index contributed by atoms with van der Waals surface area (Å²) in [6.07, 6.45) is 1.70. The summed E-state index contributed by atoms with van der Waals surface area (Å²) in [6.45, 7) is 3.94. The van der Waals surface area contributed by atoms with Gasteiger partial charge in [-0.05, 0) is 5.92 Å². The second kappa shape index (κ2) is 4.53. The lowest BCUT2D eigenvalue weighted by Gasteiger charge is -2.01. The molecule has 0 aliphatic heterocycles. The number of nitrogens with zero attached hydrogens (tertiary/aromatic N) is 3. The molecular formula is C10H12ClN3OS. The first-order valence-electron chi connectivity index (χ1n) is 4.93. The van der Waals surface area contributed by atoms with Crippen LogP contribution in [0.2, 0.25) is 5.15 Å². The molecule has 0 saturated carbocycles. The third-order valence-electron chi connectivity index (χ3n) is 2.26. The van der Waals surface area contributed by atoms with Crippen molar-refractivity contribution < 1.29 is 5.11 Å². The summed E-state index contributed by atoms with van der Waals surface area (Å²) in [5.74, 6) is 0.223. The topological polar surface area (TPSA) is 50.9 Å². The molecule has 4 nitrogen and oxygen atoms in total. The molecule has 1 N–H and O–H groups in total. The van der Waals surface area contributed by atoms with E-state index in [1.807, 2.05) is 19.2 Å². The zero-order chi connectivity index (χ0) is 11.7. The summed E-state index contributed by atoms with van der Waals surface area (Å²) in [7, 11) is 0. The number of halogens is 1. The number of aliphatic hydroxyl groups is 1. The number of aromatic nitrogens is 3. The molecule has 0 aliphatic rings. The maximum absolute atomic E-state index is 9.30. The van der Waals surface area contributed by atoms with Gasteiger partial charge in [0, 0.05) is 17.1 Å². The van der Waals surface area contributed by atoms with Gasteiger partial charge in [-0.15, -0.1) is 11.3 Å². The molecule has 0 atom stereocenters. The van der Waals surface area contributed by atoms with Crippen molar-refractivity contribution in [2.45, 2.75) is 26.4 Å². The van der Waals surface area contributed by atoms with Crippen molar-refractivity contribution in [2.75, 3.05) is 0 Å². The first-order valence-corrected chi connectivity index (χ1v) is 6.19. The van der Waals surface area contributed by atoms with E-state index in [-0.39, 0.29) is 12.5 Å². The molecule has 2 aromatic rings. The average molecular weight is 258 g/mol. The third-order valence-corrected chi connectivity index (χ3v) is 3.39. The molecule has 0 radical (unpaired) electrons. The summed E-state index contributed by atoms with van der Waals surface area (Å²) < 4.78 is 1.58. The van der Waals surface area contributed by atoms with Crippen LogP contribution in [-0.2, 0) is 6.61 Å². The van der Waals surface area contributed by atoms with Crippen LogP contribution >= 0.6 is 22.9 Å². The second-order valence-corrected chi connectivity index (χ2v) is 4.92. The van der Waals surface area contributed by atoms with Gasteiger partial charge in [0.2, 0.25) is 5.13 Å². The van der Waals surface area contributed by atoms with Gasteiger partial charge in [-0.25, -0.2) is 4.98 Å². The van der Waals surface area contributed by atoms with E-state index in [1.165, 1.54) is 11.3 Å². The molecule has 0 unspecified atom stereocenters. The van der Waals surface area contributed by atoms with E-state index in [9.17, 15) is 5.11 Å². The van der Waals surface area contributed by atoms with Gasteiger partial charge in [0.05, 0.1) is 12.3 Å². The van der Waals surface area contributed by atoms with Crippen molar-refractivity contribution in [2.24, 2.45) is 0 Å². The second-order valence-electron chi connectivity index (χ2n) is 3.69. The van der Waals surface area contributed by atoms with E-state index in [2.05, 4.69) is 10.1 Å². The molecule has 16 heavy (non-hydrogen) atoms. The Hall–Kier alpha value is -0.910. The third kappa shape index (κ3) is 1.86. The highest BCUT2D eigenvalue weighted by atomic mass is 35.5. The number of rotatable bonds is 3. The zero-order valence-corrected chi connectivity index (χ0v) is 10.6. The number of hydrogen-bond acceptors (Lipinski definition) is 4. The Bertz CT molecular complexity index is 478. The Balaban J connectivity index is 2.56. The van der Waals surface area contributed by atoms with Crippen LogP contribution in [0.5, 0.6) is 0 Å². The molecule has 0 spiro atoms. The number of thiazole rings is 1. The molecule has 86 valence electrons. The highest BCUT2D eigenvalue weighted by molar-refractivity contribution is 7.12. The molecule has 0 amide bonds. The predicted octanol–water partition coefficient (Wildman–Crippen LogP) is 2.60. The van der Waals surface area contributed by atoms with Crippen molar-refractivity contribution in [1.29, 1.82) is 0 Å². The minimum atomic E-state index is -0.0995. The fourth-order valence-corrected chi connectivity index (χ4v) is 2.42. The minimum absolute atomic E-state index is 0.0995. The monoisotopic (exact) mass is 257 g/mol. The van der Waals surface area contributed by atoms with Gasteiger partial charge in [-0.2, -0.15) is 9.78 Å². The van der Waals surface area contributed by atoms with Crippen molar-refractivity contribution >= 4 is 22.9 Å². The van der Waals surface area contributed by atoms with E-state index < -0.39 is 0 Å². The highest BCUT2D eigenvalue weighted by Crippen LogP contribution is 2.28. The molecule has 0 bridgehead atoms. The highest BCUT2D eigenvalue weighted by Gasteiger charge is 2.19. The van der Waals surface area contributed by atoms with Gasteiger partial charge in [0.25, 0.3) is 0 Å². The SMILES string of the molecule is CC(C)c1nn(-c2nccs2)c(Cl)c1CO. The molecule has 2 aromatic heterocycles. The fraction of sp³-hybridized carbons (Fsp3) is 0.400. The number of aliphatic hydroxyl groups excluding tert-OH is 1.